The summed E-state index contributed by atoms with van der Waals surface area (Å²) in [6, 6.07) is 0. The number of halogens is 3. The SMILES string of the molecule is CCl.CN1CCN(c2nc(-c3cnc(N)nc3C(F)F)nc(N3CCOCC3)n2)CC1.NCC=O. The monoisotopic (exact) mass is 516 g/mol. The maximum atomic E-state index is 13.6. The topological polar surface area (TPSA) is 153 Å². The first-order valence-electron chi connectivity index (χ1n) is 10.9. The number of nitrogen functional groups attached to an aromatic ring is 1. The van der Waals surface area contributed by atoms with Crippen molar-refractivity contribution in [2.75, 3.05) is 88.0 Å². The molecule has 0 aliphatic carbocycles. The van der Waals surface area contributed by atoms with Gasteiger partial charge in [-0.2, -0.15) is 15.0 Å². The quantitative estimate of drug-likeness (QED) is 0.418. The fourth-order valence-electron chi connectivity index (χ4n) is 3.27. The number of anilines is 3. The molecule has 0 aromatic carbocycles. The van der Waals surface area contributed by atoms with E-state index in [2.05, 4.69) is 54.2 Å². The Hall–Kier alpha value is -2.81. The smallest absolute Gasteiger partial charge is 0.281 e. The van der Waals surface area contributed by atoms with Crippen molar-refractivity contribution in [2.24, 2.45) is 5.73 Å². The zero-order valence-corrected chi connectivity index (χ0v) is 20.5. The fourth-order valence-corrected chi connectivity index (χ4v) is 3.27. The van der Waals surface area contributed by atoms with Crippen molar-refractivity contribution in [3.63, 3.8) is 0 Å². The molecule has 35 heavy (non-hydrogen) atoms. The van der Waals surface area contributed by atoms with Crippen LogP contribution in [0.15, 0.2) is 6.20 Å². The lowest BCUT2D eigenvalue weighted by Gasteiger charge is -2.33. The second kappa shape index (κ2) is 14.6. The van der Waals surface area contributed by atoms with Gasteiger partial charge in [-0.15, -0.1) is 11.6 Å². The Bertz CT molecular complexity index is 929. The number of hydrogen-bond acceptors (Lipinski definition) is 12. The van der Waals surface area contributed by atoms with Crippen LogP contribution in [-0.2, 0) is 9.53 Å². The number of carbonyl (C=O) groups is 1. The molecule has 2 saturated heterocycles. The average Bonchev–Trinajstić information content (AvgIpc) is 2.90. The number of morpholine rings is 1. The number of carbonyl (C=O) groups excluding carboxylic acids is 1. The van der Waals surface area contributed by atoms with E-state index in [1.807, 2.05) is 9.80 Å². The van der Waals surface area contributed by atoms with Crippen LogP contribution in [0.25, 0.3) is 11.4 Å². The Morgan fingerprint density at radius 2 is 1.57 bits per heavy atom. The molecule has 2 aromatic rings. The summed E-state index contributed by atoms with van der Waals surface area (Å²) in [5, 5.41) is 0. The van der Waals surface area contributed by atoms with E-state index in [1.54, 1.807) is 0 Å². The molecular weight excluding hydrogens is 486 g/mol. The molecule has 194 valence electrons. The van der Waals surface area contributed by atoms with Crippen molar-refractivity contribution < 1.29 is 18.3 Å². The second-order valence-electron chi connectivity index (χ2n) is 7.38. The molecule has 0 unspecified atom stereocenters. The molecule has 0 amide bonds. The molecule has 0 bridgehead atoms. The van der Waals surface area contributed by atoms with Gasteiger partial charge in [0.15, 0.2) is 5.82 Å². The van der Waals surface area contributed by atoms with Gasteiger partial charge in [0.05, 0.1) is 18.8 Å². The molecule has 2 aromatic heterocycles. The summed E-state index contributed by atoms with van der Waals surface area (Å²) >= 11 is 4.64. The Morgan fingerprint density at radius 3 is 2.09 bits per heavy atom. The third kappa shape index (κ3) is 8.13. The third-order valence-electron chi connectivity index (χ3n) is 5.07. The van der Waals surface area contributed by atoms with Crippen LogP contribution < -0.4 is 21.3 Å². The minimum Gasteiger partial charge on any atom is -0.378 e. The molecule has 2 aliphatic rings. The van der Waals surface area contributed by atoms with Gasteiger partial charge in [0.2, 0.25) is 17.8 Å². The van der Waals surface area contributed by atoms with E-state index >= 15 is 0 Å². The average molecular weight is 517 g/mol. The summed E-state index contributed by atoms with van der Waals surface area (Å²) in [6.07, 6.45) is 0.543. The summed E-state index contributed by atoms with van der Waals surface area (Å²) in [7, 11) is 2.05. The zero-order valence-electron chi connectivity index (χ0n) is 19.8. The number of alkyl halides is 3. The van der Waals surface area contributed by atoms with Crippen LogP contribution in [0.3, 0.4) is 0 Å². The van der Waals surface area contributed by atoms with Gasteiger partial charge in [0.1, 0.15) is 12.0 Å². The van der Waals surface area contributed by atoms with E-state index in [9.17, 15) is 8.78 Å². The van der Waals surface area contributed by atoms with Crippen molar-refractivity contribution in [1.29, 1.82) is 0 Å². The lowest BCUT2D eigenvalue weighted by molar-refractivity contribution is -0.106. The maximum Gasteiger partial charge on any atom is 0.281 e. The number of piperazine rings is 1. The van der Waals surface area contributed by atoms with Crippen molar-refractivity contribution in [1.82, 2.24) is 29.8 Å². The highest BCUT2D eigenvalue weighted by molar-refractivity contribution is 6.15. The Morgan fingerprint density at radius 1 is 1.03 bits per heavy atom. The number of likely N-dealkylation sites (N-methyl/N-ethyl adjacent to an activating group) is 1. The number of aromatic nitrogens is 5. The van der Waals surface area contributed by atoms with Crippen LogP contribution in [-0.4, -0.2) is 109 Å². The highest BCUT2D eigenvalue weighted by Gasteiger charge is 2.25. The summed E-state index contributed by atoms with van der Waals surface area (Å²) in [6.45, 7) is 5.68. The highest BCUT2D eigenvalue weighted by Crippen LogP contribution is 2.29. The fraction of sp³-hybridized carbons (Fsp3) is 0.600. The van der Waals surface area contributed by atoms with Crippen molar-refractivity contribution >= 4 is 35.7 Å². The van der Waals surface area contributed by atoms with E-state index in [0.717, 1.165) is 26.2 Å². The van der Waals surface area contributed by atoms with Gasteiger partial charge >= 0.3 is 0 Å². The van der Waals surface area contributed by atoms with Crippen LogP contribution >= 0.6 is 11.6 Å². The second-order valence-corrected chi connectivity index (χ2v) is 7.38. The molecule has 4 rings (SSSR count). The first-order chi connectivity index (χ1) is 16.9. The van der Waals surface area contributed by atoms with Crippen LogP contribution in [0.5, 0.6) is 0 Å². The predicted octanol–water partition coefficient (Wildman–Crippen LogP) is 0.436. The molecule has 0 spiro atoms. The minimum absolute atomic E-state index is 0.0569. The number of nitrogens with two attached hydrogens (primary N) is 2. The van der Waals surface area contributed by atoms with Crippen LogP contribution in [0.1, 0.15) is 12.1 Å². The minimum atomic E-state index is -2.83. The Labute approximate surface area is 207 Å². The standard InChI is InChI=1S/C17H23F2N9O.C2H5NO.CH3Cl/c1-26-2-4-27(5-3-26)16-23-14(11-10-21-15(20)22-12(11)13(18)19)24-17(25-16)28-6-8-29-9-7-28;3-1-2-4;1-2/h10,13H,2-9H2,1H3,(H2,20,21,22);2H,1,3H2;1H3. The Balaban J connectivity index is 0.000000655. The molecule has 0 saturated carbocycles. The number of aldehydes is 1. The number of nitrogens with zero attached hydrogens (tertiary/aromatic N) is 8. The Kier molecular flexibility index (Phi) is 11.8. The maximum absolute atomic E-state index is 13.6. The third-order valence-corrected chi connectivity index (χ3v) is 5.07. The molecule has 0 atom stereocenters. The van der Waals surface area contributed by atoms with Crippen LogP contribution in [0, 0.1) is 0 Å². The summed E-state index contributed by atoms with van der Waals surface area (Å²) in [5.74, 6) is 0.794. The number of ether oxygens (including phenoxy) is 1. The molecule has 12 nitrogen and oxygen atoms in total. The van der Waals surface area contributed by atoms with Crippen LogP contribution in [0.4, 0.5) is 26.6 Å². The van der Waals surface area contributed by atoms with Gasteiger partial charge in [-0.05, 0) is 7.05 Å². The molecule has 4 N–H and O–H groups in total. The van der Waals surface area contributed by atoms with Gasteiger partial charge in [-0.1, -0.05) is 0 Å². The number of hydrogen-bond donors (Lipinski definition) is 2. The molecular formula is C20H31ClF2N10O2. The summed E-state index contributed by atoms with van der Waals surface area (Å²) in [5.41, 5.74) is 9.74. The largest absolute Gasteiger partial charge is 0.378 e. The van der Waals surface area contributed by atoms with Gasteiger partial charge in [-0.25, -0.2) is 18.7 Å². The van der Waals surface area contributed by atoms with E-state index in [-0.39, 0.29) is 23.9 Å². The van der Waals surface area contributed by atoms with Gasteiger partial charge in [0.25, 0.3) is 6.43 Å². The summed E-state index contributed by atoms with van der Waals surface area (Å²) < 4.78 is 32.6. The molecule has 2 fully saturated rings. The zero-order chi connectivity index (χ0) is 25.8. The van der Waals surface area contributed by atoms with Gasteiger partial charge < -0.3 is 35.7 Å². The number of rotatable bonds is 5. The molecule has 4 heterocycles. The van der Waals surface area contributed by atoms with Gasteiger partial charge in [-0.3, -0.25) is 0 Å². The molecule has 0 radical (unpaired) electrons. The van der Waals surface area contributed by atoms with Crippen molar-refractivity contribution in [3.8, 4) is 11.4 Å². The summed E-state index contributed by atoms with van der Waals surface area (Å²) in [4.78, 5) is 36.4. The van der Waals surface area contributed by atoms with Crippen molar-refractivity contribution in [2.45, 2.75) is 6.43 Å². The van der Waals surface area contributed by atoms with E-state index in [4.69, 9.17) is 15.3 Å². The van der Waals surface area contributed by atoms with E-state index in [0.29, 0.717) is 44.5 Å². The normalized spacial score (nSPS) is 16.2. The first-order valence-corrected chi connectivity index (χ1v) is 11.6. The van der Waals surface area contributed by atoms with E-state index in [1.165, 1.54) is 12.6 Å². The first kappa shape index (κ1) is 28.4. The van der Waals surface area contributed by atoms with E-state index < -0.39 is 12.1 Å². The lowest BCUT2D eigenvalue weighted by atomic mass is 10.2. The lowest BCUT2D eigenvalue weighted by Crippen LogP contribution is -2.45. The molecule has 15 heteroatoms. The van der Waals surface area contributed by atoms with Crippen molar-refractivity contribution in [3.05, 3.63) is 11.9 Å². The highest BCUT2D eigenvalue weighted by atomic mass is 35.5. The predicted molar refractivity (Wildman–Crippen MR) is 130 cm³/mol. The van der Waals surface area contributed by atoms with Gasteiger partial charge in [0, 0.05) is 58.4 Å². The van der Waals surface area contributed by atoms with Crippen LogP contribution in [0.2, 0.25) is 0 Å². The molecule has 2 aliphatic heterocycles.